The first kappa shape index (κ1) is 21.6. The van der Waals surface area contributed by atoms with E-state index < -0.39 is 0 Å². The molecule has 2 amide bonds. The first-order valence-corrected chi connectivity index (χ1v) is 11.1. The lowest BCUT2D eigenvalue weighted by molar-refractivity contribution is -0.131. The average molecular weight is 436 g/mol. The molecule has 1 aliphatic rings. The van der Waals surface area contributed by atoms with Gasteiger partial charge in [-0.25, -0.2) is 0 Å². The first-order chi connectivity index (χ1) is 14.0. The number of aryl methyl sites for hydroxylation is 1. The SMILES string of the molecule is Cc1nnc(SCC(=O)N(C)CC(=O)Nc2ccccc2Cl)n1C1CCCCC1. The van der Waals surface area contributed by atoms with Crippen LogP contribution in [0.2, 0.25) is 5.02 Å². The third-order valence-corrected chi connectivity index (χ3v) is 6.31. The zero-order valence-electron chi connectivity index (χ0n) is 16.7. The second kappa shape index (κ2) is 10.1. The Hall–Kier alpha value is -2.06. The molecule has 7 nitrogen and oxygen atoms in total. The van der Waals surface area contributed by atoms with Gasteiger partial charge in [-0.05, 0) is 31.9 Å². The van der Waals surface area contributed by atoms with E-state index in [4.69, 9.17) is 11.6 Å². The molecule has 1 aromatic heterocycles. The fraction of sp³-hybridized carbons (Fsp3) is 0.500. The van der Waals surface area contributed by atoms with Crippen LogP contribution in [0.5, 0.6) is 0 Å². The minimum Gasteiger partial charge on any atom is -0.336 e. The molecule has 1 aromatic carbocycles. The molecule has 2 aromatic rings. The molecular weight excluding hydrogens is 410 g/mol. The van der Waals surface area contributed by atoms with Gasteiger partial charge >= 0.3 is 0 Å². The maximum atomic E-state index is 12.5. The van der Waals surface area contributed by atoms with Gasteiger partial charge in [0.15, 0.2) is 5.16 Å². The van der Waals surface area contributed by atoms with E-state index in [0.29, 0.717) is 16.8 Å². The Morgan fingerprint density at radius 3 is 2.69 bits per heavy atom. The highest BCUT2D eigenvalue weighted by atomic mass is 35.5. The molecule has 1 heterocycles. The van der Waals surface area contributed by atoms with Gasteiger partial charge in [-0.2, -0.15) is 0 Å². The van der Waals surface area contributed by atoms with Gasteiger partial charge in [0.1, 0.15) is 5.82 Å². The summed E-state index contributed by atoms with van der Waals surface area (Å²) in [6, 6.07) is 7.41. The number of carbonyl (C=O) groups is 2. The number of aromatic nitrogens is 3. The molecule has 0 bridgehead atoms. The largest absolute Gasteiger partial charge is 0.336 e. The van der Waals surface area contributed by atoms with Crippen LogP contribution in [0, 0.1) is 6.92 Å². The van der Waals surface area contributed by atoms with Crippen molar-refractivity contribution in [3.63, 3.8) is 0 Å². The van der Waals surface area contributed by atoms with E-state index in [1.807, 2.05) is 6.92 Å². The molecule has 0 saturated heterocycles. The van der Waals surface area contributed by atoms with E-state index in [1.54, 1.807) is 31.3 Å². The predicted molar refractivity (Wildman–Crippen MR) is 115 cm³/mol. The standard InChI is InChI=1S/C20H26ClN5O2S/c1-14-23-24-20(26(14)15-8-4-3-5-9-15)29-13-19(28)25(2)12-18(27)22-17-11-7-6-10-16(17)21/h6-7,10-11,15H,3-5,8-9,12-13H2,1-2H3,(H,22,27). The Kier molecular flexibility index (Phi) is 7.55. The number of benzene rings is 1. The highest BCUT2D eigenvalue weighted by Crippen LogP contribution is 2.32. The maximum absolute atomic E-state index is 12.5. The van der Waals surface area contributed by atoms with Crippen molar-refractivity contribution < 1.29 is 9.59 Å². The number of likely N-dealkylation sites (N-methyl/N-ethyl adjacent to an activating group) is 1. The van der Waals surface area contributed by atoms with Crippen molar-refractivity contribution in [2.24, 2.45) is 0 Å². The van der Waals surface area contributed by atoms with Crippen molar-refractivity contribution in [2.75, 3.05) is 24.7 Å². The van der Waals surface area contributed by atoms with Gasteiger partial charge in [0.2, 0.25) is 11.8 Å². The number of halogens is 1. The van der Waals surface area contributed by atoms with E-state index in [9.17, 15) is 9.59 Å². The fourth-order valence-corrected chi connectivity index (χ4v) is 4.68. The average Bonchev–Trinajstić information content (AvgIpc) is 3.08. The number of nitrogens with one attached hydrogen (secondary N) is 1. The van der Waals surface area contributed by atoms with Crippen LogP contribution in [-0.2, 0) is 9.59 Å². The molecule has 0 atom stereocenters. The van der Waals surface area contributed by atoms with Crippen molar-refractivity contribution in [3.05, 3.63) is 35.1 Å². The monoisotopic (exact) mass is 435 g/mol. The quantitative estimate of drug-likeness (QED) is 0.666. The van der Waals surface area contributed by atoms with E-state index in [-0.39, 0.29) is 24.1 Å². The molecule has 1 saturated carbocycles. The number of hydrogen-bond acceptors (Lipinski definition) is 5. The lowest BCUT2D eigenvalue weighted by Crippen LogP contribution is -2.36. The Morgan fingerprint density at radius 2 is 1.97 bits per heavy atom. The topological polar surface area (TPSA) is 80.1 Å². The Morgan fingerprint density at radius 1 is 1.24 bits per heavy atom. The minimum absolute atomic E-state index is 0.0427. The van der Waals surface area contributed by atoms with Crippen LogP contribution in [0.1, 0.15) is 44.0 Å². The molecule has 3 rings (SSSR count). The van der Waals surface area contributed by atoms with Gasteiger partial charge in [-0.1, -0.05) is 54.8 Å². The number of carbonyl (C=O) groups excluding carboxylic acids is 2. The summed E-state index contributed by atoms with van der Waals surface area (Å²) in [4.78, 5) is 26.1. The van der Waals surface area contributed by atoms with Gasteiger partial charge in [0.05, 0.1) is 23.0 Å². The smallest absolute Gasteiger partial charge is 0.244 e. The van der Waals surface area contributed by atoms with Crippen LogP contribution >= 0.6 is 23.4 Å². The highest BCUT2D eigenvalue weighted by molar-refractivity contribution is 7.99. The lowest BCUT2D eigenvalue weighted by Gasteiger charge is -2.25. The summed E-state index contributed by atoms with van der Waals surface area (Å²) in [5.41, 5.74) is 0.533. The number of anilines is 1. The number of amides is 2. The van der Waals surface area contributed by atoms with Gasteiger partial charge < -0.3 is 14.8 Å². The summed E-state index contributed by atoms with van der Waals surface area (Å²) in [7, 11) is 1.62. The number of nitrogens with zero attached hydrogens (tertiary/aromatic N) is 4. The van der Waals surface area contributed by atoms with E-state index >= 15 is 0 Å². The van der Waals surface area contributed by atoms with Crippen molar-refractivity contribution in [1.82, 2.24) is 19.7 Å². The molecule has 156 valence electrons. The first-order valence-electron chi connectivity index (χ1n) is 9.78. The zero-order valence-corrected chi connectivity index (χ0v) is 18.3. The van der Waals surface area contributed by atoms with Gasteiger partial charge in [0.25, 0.3) is 0 Å². The number of rotatable bonds is 7. The van der Waals surface area contributed by atoms with Crippen LogP contribution in [-0.4, -0.2) is 50.8 Å². The van der Waals surface area contributed by atoms with E-state index in [1.165, 1.54) is 35.9 Å². The Bertz CT molecular complexity index is 866. The summed E-state index contributed by atoms with van der Waals surface area (Å²) in [6.07, 6.45) is 5.97. The summed E-state index contributed by atoms with van der Waals surface area (Å²) in [6.45, 7) is 1.91. The Balaban J connectivity index is 1.53. The molecule has 1 N–H and O–H groups in total. The fourth-order valence-electron chi connectivity index (χ4n) is 3.50. The molecule has 1 aliphatic carbocycles. The normalized spacial score (nSPS) is 14.6. The van der Waals surface area contributed by atoms with Crippen LogP contribution in [0.15, 0.2) is 29.4 Å². The molecule has 9 heteroatoms. The van der Waals surface area contributed by atoms with Crippen molar-refractivity contribution in [2.45, 2.75) is 50.2 Å². The summed E-state index contributed by atoms with van der Waals surface area (Å²) >= 11 is 7.43. The van der Waals surface area contributed by atoms with E-state index in [2.05, 4.69) is 20.1 Å². The molecule has 0 radical (unpaired) electrons. The summed E-state index contributed by atoms with van der Waals surface area (Å²) in [5.74, 6) is 0.667. The van der Waals surface area contributed by atoms with Crippen LogP contribution in [0.3, 0.4) is 0 Å². The third kappa shape index (κ3) is 5.73. The zero-order chi connectivity index (χ0) is 20.8. The van der Waals surface area contributed by atoms with Crippen LogP contribution in [0.4, 0.5) is 5.69 Å². The maximum Gasteiger partial charge on any atom is 0.244 e. The van der Waals surface area contributed by atoms with Gasteiger partial charge in [0, 0.05) is 13.1 Å². The van der Waals surface area contributed by atoms with Crippen molar-refractivity contribution >= 4 is 40.9 Å². The Labute approximate surface area is 180 Å². The van der Waals surface area contributed by atoms with Gasteiger partial charge in [-0.15, -0.1) is 10.2 Å². The molecule has 1 fully saturated rings. The van der Waals surface area contributed by atoms with E-state index in [0.717, 1.165) is 23.8 Å². The molecule has 0 aliphatic heterocycles. The third-order valence-electron chi connectivity index (χ3n) is 5.05. The molecule has 29 heavy (non-hydrogen) atoms. The minimum atomic E-state index is -0.292. The number of hydrogen-bond donors (Lipinski definition) is 1. The molecule has 0 spiro atoms. The van der Waals surface area contributed by atoms with Crippen molar-refractivity contribution in [3.8, 4) is 0 Å². The van der Waals surface area contributed by atoms with Crippen molar-refractivity contribution in [1.29, 1.82) is 0 Å². The molecular formula is C20H26ClN5O2S. The number of thioether (sulfide) groups is 1. The number of para-hydroxylation sites is 1. The van der Waals surface area contributed by atoms with Gasteiger partial charge in [-0.3, -0.25) is 9.59 Å². The lowest BCUT2D eigenvalue weighted by atomic mass is 9.95. The predicted octanol–water partition coefficient (Wildman–Crippen LogP) is 3.93. The summed E-state index contributed by atoms with van der Waals surface area (Å²) in [5, 5.41) is 12.4. The second-order valence-electron chi connectivity index (χ2n) is 7.26. The molecule has 0 unspecified atom stereocenters. The highest BCUT2D eigenvalue weighted by Gasteiger charge is 2.22. The second-order valence-corrected chi connectivity index (χ2v) is 8.61. The van der Waals surface area contributed by atoms with Crippen LogP contribution in [0.25, 0.3) is 0 Å². The summed E-state index contributed by atoms with van der Waals surface area (Å²) < 4.78 is 2.17. The van der Waals surface area contributed by atoms with Crippen LogP contribution < -0.4 is 5.32 Å².